The van der Waals surface area contributed by atoms with Gasteiger partial charge in [0.2, 0.25) is 11.7 Å². The minimum Gasteiger partial charge on any atom is -0.345 e. The smallest absolute Gasteiger partial charge is 0.228 e. The van der Waals surface area contributed by atoms with Crippen LogP contribution in [0.5, 0.6) is 0 Å². The normalized spacial score (nSPS) is 16.8. The first-order valence-corrected chi connectivity index (χ1v) is 11.8. The molecule has 1 heterocycles. The molecule has 2 aromatic carbocycles. The van der Waals surface area contributed by atoms with Crippen molar-refractivity contribution in [3.05, 3.63) is 64.7 Å². The summed E-state index contributed by atoms with van der Waals surface area (Å²) in [6.45, 7) is 2.14. The molecule has 3 aromatic rings. The molecule has 1 aromatic heterocycles. The summed E-state index contributed by atoms with van der Waals surface area (Å²) in [5.41, 5.74) is 3.20. The third kappa shape index (κ3) is 4.46. The maximum atomic E-state index is 13.3. The lowest BCUT2D eigenvalue weighted by molar-refractivity contribution is -0.123. The van der Waals surface area contributed by atoms with Crippen molar-refractivity contribution in [2.24, 2.45) is 0 Å². The van der Waals surface area contributed by atoms with Crippen molar-refractivity contribution >= 4 is 33.2 Å². The summed E-state index contributed by atoms with van der Waals surface area (Å²) in [4.78, 5) is 31.1. The largest absolute Gasteiger partial charge is 0.345 e. The highest BCUT2D eigenvalue weighted by atomic mass is 32.1. The molecule has 0 saturated heterocycles. The van der Waals surface area contributed by atoms with E-state index in [0.717, 1.165) is 54.3 Å². The van der Waals surface area contributed by atoms with E-state index in [9.17, 15) is 9.59 Å². The summed E-state index contributed by atoms with van der Waals surface area (Å²) < 4.78 is 1.00. The molecular weight excluding hydrogens is 392 g/mol. The Morgan fingerprint density at radius 1 is 1.13 bits per heavy atom. The predicted molar refractivity (Wildman–Crippen MR) is 122 cm³/mol. The van der Waals surface area contributed by atoms with E-state index in [1.807, 2.05) is 36.4 Å². The van der Waals surface area contributed by atoms with Gasteiger partial charge in [0.15, 0.2) is 5.01 Å². The van der Waals surface area contributed by atoms with Crippen molar-refractivity contribution in [1.82, 2.24) is 10.3 Å². The summed E-state index contributed by atoms with van der Waals surface area (Å²) in [5, 5.41) is 3.60. The molecule has 2 atom stereocenters. The van der Waals surface area contributed by atoms with Crippen LogP contribution < -0.4 is 5.32 Å². The first-order valence-electron chi connectivity index (χ1n) is 11.0. The van der Waals surface area contributed by atoms with Gasteiger partial charge in [0.1, 0.15) is 0 Å². The fourth-order valence-electron chi connectivity index (χ4n) is 4.29. The Morgan fingerprint density at radius 2 is 1.93 bits per heavy atom. The maximum Gasteiger partial charge on any atom is 0.228 e. The number of hydrogen-bond donors (Lipinski definition) is 1. The second-order valence-electron chi connectivity index (χ2n) is 8.05. The number of aryl methyl sites for hydroxylation is 1. The van der Waals surface area contributed by atoms with Crippen LogP contribution >= 0.6 is 11.3 Å². The molecule has 1 amide bonds. The van der Waals surface area contributed by atoms with Gasteiger partial charge in [0.25, 0.3) is 0 Å². The Kier molecular flexibility index (Phi) is 6.58. The number of amides is 1. The standard InChI is InChI=1S/C25H28N2O2S/c1-2-3-4-15-21(23(28)25-27-20-14-7-8-16-22(20)30-25)26-24(29)19-13-9-11-17-10-5-6-12-18(17)19/h5-8,10,12,14,16,19,21H,2-4,9,11,13,15H2,1H3,(H,26,29). The molecule has 1 aliphatic carbocycles. The van der Waals surface area contributed by atoms with Crippen molar-refractivity contribution in [2.45, 2.75) is 63.8 Å². The number of hydrogen-bond acceptors (Lipinski definition) is 4. The second-order valence-corrected chi connectivity index (χ2v) is 9.08. The highest BCUT2D eigenvalue weighted by Gasteiger charge is 2.30. The van der Waals surface area contributed by atoms with Crippen molar-refractivity contribution < 1.29 is 9.59 Å². The van der Waals surface area contributed by atoms with E-state index in [1.54, 1.807) is 0 Å². The molecule has 0 fully saturated rings. The number of ketones is 1. The van der Waals surface area contributed by atoms with Crippen LogP contribution in [0.1, 0.15) is 72.3 Å². The van der Waals surface area contributed by atoms with Gasteiger partial charge in [-0.3, -0.25) is 9.59 Å². The second kappa shape index (κ2) is 9.52. The summed E-state index contributed by atoms with van der Waals surface area (Å²) in [6, 6.07) is 15.5. The third-order valence-corrected chi connectivity index (χ3v) is 6.97. The van der Waals surface area contributed by atoms with Crippen LogP contribution in [-0.4, -0.2) is 22.7 Å². The van der Waals surface area contributed by atoms with E-state index in [2.05, 4.69) is 29.4 Å². The Morgan fingerprint density at radius 3 is 2.77 bits per heavy atom. The average Bonchev–Trinajstić information content (AvgIpc) is 3.22. The molecule has 0 aliphatic heterocycles. The van der Waals surface area contributed by atoms with Crippen LogP contribution in [-0.2, 0) is 11.2 Å². The van der Waals surface area contributed by atoms with E-state index >= 15 is 0 Å². The van der Waals surface area contributed by atoms with E-state index < -0.39 is 6.04 Å². The van der Waals surface area contributed by atoms with Crippen LogP contribution in [0.25, 0.3) is 10.2 Å². The van der Waals surface area contributed by atoms with Crippen LogP contribution in [0.2, 0.25) is 0 Å². The molecule has 5 heteroatoms. The summed E-state index contributed by atoms with van der Waals surface area (Å²) >= 11 is 1.41. The van der Waals surface area contributed by atoms with Gasteiger partial charge in [-0.15, -0.1) is 11.3 Å². The quantitative estimate of drug-likeness (QED) is 0.378. The molecule has 156 valence electrons. The van der Waals surface area contributed by atoms with Gasteiger partial charge >= 0.3 is 0 Å². The number of nitrogens with zero attached hydrogens (tertiary/aromatic N) is 1. The molecule has 4 nitrogen and oxygen atoms in total. The number of nitrogens with one attached hydrogen (secondary N) is 1. The lowest BCUT2D eigenvalue weighted by Gasteiger charge is -2.26. The number of para-hydroxylation sites is 1. The summed E-state index contributed by atoms with van der Waals surface area (Å²) in [5.74, 6) is -0.269. The molecule has 30 heavy (non-hydrogen) atoms. The molecular formula is C25H28N2O2S. The van der Waals surface area contributed by atoms with Gasteiger partial charge in [0, 0.05) is 0 Å². The number of rotatable bonds is 8. The maximum absolute atomic E-state index is 13.3. The molecule has 1 N–H and O–H groups in total. The van der Waals surface area contributed by atoms with Gasteiger partial charge in [-0.1, -0.05) is 62.6 Å². The number of unbranched alkanes of at least 4 members (excludes halogenated alkanes) is 2. The van der Waals surface area contributed by atoms with E-state index in [0.29, 0.717) is 11.4 Å². The van der Waals surface area contributed by atoms with Gasteiger partial charge in [-0.05, 0) is 48.9 Å². The van der Waals surface area contributed by atoms with Crippen LogP contribution in [0.3, 0.4) is 0 Å². The van der Waals surface area contributed by atoms with Gasteiger partial charge in [-0.25, -0.2) is 4.98 Å². The number of carbonyl (C=O) groups excluding carboxylic acids is 2. The Hall–Kier alpha value is -2.53. The topological polar surface area (TPSA) is 59.1 Å². The summed E-state index contributed by atoms with van der Waals surface area (Å²) in [7, 11) is 0. The minimum absolute atomic E-state index is 0.0295. The van der Waals surface area contributed by atoms with E-state index in [4.69, 9.17) is 0 Å². The molecule has 0 bridgehead atoms. The first-order chi connectivity index (χ1) is 14.7. The minimum atomic E-state index is -0.515. The molecule has 2 unspecified atom stereocenters. The molecule has 0 radical (unpaired) electrons. The highest BCUT2D eigenvalue weighted by molar-refractivity contribution is 7.20. The highest BCUT2D eigenvalue weighted by Crippen LogP contribution is 2.32. The number of carbonyl (C=O) groups is 2. The van der Waals surface area contributed by atoms with E-state index in [1.165, 1.54) is 16.9 Å². The number of thiazole rings is 1. The number of aromatic nitrogens is 1. The number of Topliss-reactive ketones (excluding diaryl/α,β-unsaturated/α-hetero) is 1. The fourth-order valence-corrected chi connectivity index (χ4v) is 5.25. The summed E-state index contributed by atoms with van der Waals surface area (Å²) in [6.07, 6.45) is 6.55. The molecule has 4 rings (SSSR count). The predicted octanol–water partition coefficient (Wildman–Crippen LogP) is 5.66. The SMILES string of the molecule is CCCCCC(NC(=O)C1CCCc2ccccc21)C(=O)c1nc2ccccc2s1. The Bertz CT molecular complexity index is 1010. The van der Waals surface area contributed by atoms with Crippen molar-refractivity contribution in [3.63, 3.8) is 0 Å². The lowest BCUT2D eigenvalue weighted by Crippen LogP contribution is -2.43. The van der Waals surface area contributed by atoms with Crippen molar-refractivity contribution in [2.75, 3.05) is 0 Å². The molecule has 0 spiro atoms. The third-order valence-electron chi connectivity index (χ3n) is 5.92. The monoisotopic (exact) mass is 420 g/mol. The molecule has 0 saturated carbocycles. The number of benzene rings is 2. The fraction of sp³-hybridized carbons (Fsp3) is 0.400. The Balaban J connectivity index is 1.55. The van der Waals surface area contributed by atoms with Crippen LogP contribution in [0, 0.1) is 0 Å². The van der Waals surface area contributed by atoms with Gasteiger partial charge in [-0.2, -0.15) is 0 Å². The van der Waals surface area contributed by atoms with Crippen LogP contribution in [0.15, 0.2) is 48.5 Å². The van der Waals surface area contributed by atoms with Crippen LogP contribution in [0.4, 0.5) is 0 Å². The zero-order valence-electron chi connectivity index (χ0n) is 17.4. The van der Waals surface area contributed by atoms with Gasteiger partial charge < -0.3 is 5.32 Å². The van der Waals surface area contributed by atoms with Gasteiger partial charge in [0.05, 0.1) is 22.2 Å². The zero-order chi connectivity index (χ0) is 20.9. The first kappa shape index (κ1) is 20.7. The van der Waals surface area contributed by atoms with Crippen molar-refractivity contribution in [3.8, 4) is 0 Å². The zero-order valence-corrected chi connectivity index (χ0v) is 18.2. The Labute approximate surface area is 181 Å². The van der Waals surface area contributed by atoms with E-state index in [-0.39, 0.29) is 17.6 Å². The van der Waals surface area contributed by atoms with Crippen molar-refractivity contribution in [1.29, 1.82) is 0 Å². The number of fused-ring (bicyclic) bond motifs is 2. The average molecular weight is 421 g/mol. The molecule has 1 aliphatic rings. The lowest BCUT2D eigenvalue weighted by atomic mass is 9.82.